The van der Waals surface area contributed by atoms with Crippen LogP contribution in [-0.4, -0.2) is 30.4 Å². The summed E-state index contributed by atoms with van der Waals surface area (Å²) in [7, 11) is 1.51. The Morgan fingerprint density at radius 3 is 2.81 bits per heavy atom. The van der Waals surface area contributed by atoms with Crippen molar-refractivity contribution >= 4 is 28.9 Å². The average Bonchev–Trinajstić information content (AvgIpc) is 3.05. The Hall–Kier alpha value is -3.49. The van der Waals surface area contributed by atoms with Gasteiger partial charge < -0.3 is 15.0 Å². The van der Waals surface area contributed by atoms with Crippen LogP contribution in [0.2, 0.25) is 0 Å². The zero-order valence-corrected chi connectivity index (χ0v) is 14.3. The number of carbonyl (C=O) groups is 2. The number of nitrogens with zero attached hydrogens (tertiary/aromatic N) is 2. The molecule has 27 heavy (non-hydrogen) atoms. The van der Waals surface area contributed by atoms with Crippen LogP contribution in [-0.2, 0) is 9.59 Å². The summed E-state index contributed by atoms with van der Waals surface area (Å²) in [4.78, 5) is 36.3. The highest BCUT2D eigenvalue weighted by Crippen LogP contribution is 2.29. The number of ether oxygens (including phenoxy) is 1. The third-order valence-electron chi connectivity index (χ3n) is 4.28. The molecule has 0 unspecified atom stereocenters. The number of carbonyl (C=O) groups excluding carboxylic acids is 2. The highest BCUT2D eigenvalue weighted by Gasteiger charge is 2.35. The van der Waals surface area contributed by atoms with Gasteiger partial charge in [-0.1, -0.05) is 6.07 Å². The first-order chi connectivity index (χ1) is 12.9. The smallest absolute Gasteiger partial charge is 0.271 e. The van der Waals surface area contributed by atoms with E-state index in [9.17, 15) is 24.1 Å². The van der Waals surface area contributed by atoms with Crippen LogP contribution in [0.1, 0.15) is 6.42 Å². The Labute approximate surface area is 153 Å². The molecule has 2 aromatic rings. The van der Waals surface area contributed by atoms with Crippen LogP contribution >= 0.6 is 0 Å². The van der Waals surface area contributed by atoms with Gasteiger partial charge in [0, 0.05) is 36.9 Å². The molecule has 1 aliphatic rings. The molecule has 1 saturated heterocycles. The summed E-state index contributed by atoms with van der Waals surface area (Å²) in [5.41, 5.74) is -0.0372. The Morgan fingerprint density at radius 2 is 2.11 bits per heavy atom. The van der Waals surface area contributed by atoms with Crippen molar-refractivity contribution in [1.29, 1.82) is 0 Å². The van der Waals surface area contributed by atoms with Gasteiger partial charge >= 0.3 is 0 Å². The van der Waals surface area contributed by atoms with E-state index in [1.807, 2.05) is 0 Å². The lowest BCUT2D eigenvalue weighted by molar-refractivity contribution is -0.384. The number of non-ortho nitro benzene ring substituents is 1. The zero-order chi connectivity index (χ0) is 19.6. The number of nitro groups is 1. The van der Waals surface area contributed by atoms with Crippen molar-refractivity contribution in [2.75, 3.05) is 23.9 Å². The minimum Gasteiger partial charge on any atom is -0.497 e. The number of methoxy groups -OCH3 is 1. The minimum absolute atomic E-state index is 0.0421. The summed E-state index contributed by atoms with van der Waals surface area (Å²) < 4.78 is 19.0. The maximum atomic E-state index is 13.9. The highest BCUT2D eigenvalue weighted by atomic mass is 19.1. The quantitative estimate of drug-likeness (QED) is 0.641. The third kappa shape index (κ3) is 3.86. The number of nitro benzene ring substituents is 1. The molecule has 0 radical (unpaired) electrons. The van der Waals surface area contributed by atoms with E-state index in [-0.39, 0.29) is 30.2 Å². The topological polar surface area (TPSA) is 102 Å². The minimum atomic E-state index is -0.789. The van der Waals surface area contributed by atoms with Crippen molar-refractivity contribution in [3.63, 3.8) is 0 Å². The molecule has 1 atom stereocenters. The summed E-state index contributed by atoms with van der Waals surface area (Å²) in [5, 5.41) is 13.2. The summed E-state index contributed by atoms with van der Waals surface area (Å²) in [5.74, 6) is -1.74. The highest BCUT2D eigenvalue weighted by molar-refractivity contribution is 6.03. The molecule has 0 bridgehead atoms. The van der Waals surface area contributed by atoms with Crippen molar-refractivity contribution in [2.45, 2.75) is 6.42 Å². The fraction of sp³-hybridized carbons (Fsp3) is 0.222. The number of nitrogens with one attached hydrogen (secondary N) is 1. The number of amides is 2. The van der Waals surface area contributed by atoms with Gasteiger partial charge in [-0.2, -0.15) is 0 Å². The first-order valence-corrected chi connectivity index (χ1v) is 8.08. The van der Waals surface area contributed by atoms with E-state index in [0.717, 1.165) is 18.2 Å². The van der Waals surface area contributed by atoms with Crippen molar-refractivity contribution in [3.05, 3.63) is 58.4 Å². The predicted octanol–water partition coefficient (Wildman–Crippen LogP) is 2.73. The first kappa shape index (κ1) is 18.3. The number of halogens is 1. The van der Waals surface area contributed by atoms with Crippen LogP contribution in [0.4, 0.5) is 21.5 Å². The van der Waals surface area contributed by atoms with Crippen molar-refractivity contribution in [3.8, 4) is 5.75 Å². The van der Waals surface area contributed by atoms with Gasteiger partial charge in [0.25, 0.3) is 5.69 Å². The number of benzene rings is 2. The van der Waals surface area contributed by atoms with E-state index in [4.69, 9.17) is 4.74 Å². The maximum absolute atomic E-state index is 13.9. The van der Waals surface area contributed by atoms with Crippen molar-refractivity contribution in [1.82, 2.24) is 0 Å². The van der Waals surface area contributed by atoms with Crippen molar-refractivity contribution < 1.29 is 23.6 Å². The first-order valence-electron chi connectivity index (χ1n) is 8.08. The molecule has 8 nitrogen and oxygen atoms in total. The number of rotatable bonds is 5. The molecular formula is C18H16FN3O5. The van der Waals surface area contributed by atoms with Crippen LogP contribution in [0.5, 0.6) is 5.75 Å². The second-order valence-corrected chi connectivity index (χ2v) is 6.02. The van der Waals surface area contributed by atoms with Gasteiger partial charge in [0.2, 0.25) is 11.8 Å². The predicted molar refractivity (Wildman–Crippen MR) is 95.1 cm³/mol. The van der Waals surface area contributed by atoms with Gasteiger partial charge in [0.15, 0.2) is 0 Å². The van der Waals surface area contributed by atoms with Gasteiger partial charge in [0.05, 0.1) is 23.6 Å². The molecule has 0 spiro atoms. The standard InChI is InChI=1S/C18H16FN3O5/c1-27-14-4-2-3-12(8-14)21-10-11(7-17(21)23)18(24)20-16-9-13(22(25)26)5-6-15(16)19/h2-6,8-9,11H,7,10H2,1H3,(H,20,24)/t11-/m0/s1. The Balaban J connectivity index is 1.74. The largest absolute Gasteiger partial charge is 0.497 e. The fourth-order valence-corrected chi connectivity index (χ4v) is 2.87. The molecule has 1 N–H and O–H groups in total. The molecule has 1 heterocycles. The Morgan fingerprint density at radius 1 is 1.33 bits per heavy atom. The van der Waals surface area contributed by atoms with E-state index in [0.29, 0.717) is 11.4 Å². The molecular weight excluding hydrogens is 357 g/mol. The maximum Gasteiger partial charge on any atom is 0.271 e. The molecule has 9 heteroatoms. The number of anilines is 2. The molecule has 1 aliphatic heterocycles. The van der Waals surface area contributed by atoms with Gasteiger partial charge in [-0.25, -0.2) is 4.39 Å². The van der Waals surface area contributed by atoms with Crippen LogP contribution in [0, 0.1) is 21.8 Å². The lowest BCUT2D eigenvalue weighted by atomic mass is 10.1. The lowest BCUT2D eigenvalue weighted by Gasteiger charge is -2.17. The molecule has 0 saturated carbocycles. The number of hydrogen-bond acceptors (Lipinski definition) is 5. The van der Waals surface area contributed by atoms with E-state index < -0.39 is 22.6 Å². The van der Waals surface area contributed by atoms with Crippen LogP contribution in [0.3, 0.4) is 0 Å². The number of hydrogen-bond donors (Lipinski definition) is 1. The SMILES string of the molecule is COc1cccc(N2C[C@@H](C(=O)Nc3cc([N+](=O)[O-])ccc3F)CC2=O)c1. The van der Waals surface area contributed by atoms with Gasteiger partial charge in [-0.15, -0.1) is 0 Å². The second kappa shape index (κ2) is 7.40. The normalized spacial score (nSPS) is 16.3. The van der Waals surface area contributed by atoms with Crippen LogP contribution in [0.15, 0.2) is 42.5 Å². The van der Waals surface area contributed by atoms with Crippen LogP contribution in [0.25, 0.3) is 0 Å². The third-order valence-corrected chi connectivity index (χ3v) is 4.28. The monoisotopic (exact) mass is 373 g/mol. The zero-order valence-electron chi connectivity index (χ0n) is 14.3. The van der Waals surface area contributed by atoms with E-state index >= 15 is 0 Å². The van der Waals surface area contributed by atoms with E-state index in [1.54, 1.807) is 24.3 Å². The molecule has 0 aliphatic carbocycles. The lowest BCUT2D eigenvalue weighted by Crippen LogP contribution is -2.28. The molecule has 2 aromatic carbocycles. The molecule has 140 valence electrons. The summed E-state index contributed by atoms with van der Waals surface area (Å²) >= 11 is 0. The Kier molecular flexibility index (Phi) is 5.02. The van der Waals surface area contributed by atoms with E-state index in [2.05, 4.69) is 5.32 Å². The van der Waals surface area contributed by atoms with Gasteiger partial charge in [-0.3, -0.25) is 19.7 Å². The van der Waals surface area contributed by atoms with Crippen LogP contribution < -0.4 is 15.0 Å². The Bertz CT molecular complexity index is 918. The van der Waals surface area contributed by atoms with Gasteiger partial charge in [0.1, 0.15) is 11.6 Å². The molecule has 0 aromatic heterocycles. The fourth-order valence-electron chi connectivity index (χ4n) is 2.87. The van der Waals surface area contributed by atoms with Crippen molar-refractivity contribution in [2.24, 2.45) is 5.92 Å². The average molecular weight is 373 g/mol. The van der Waals surface area contributed by atoms with E-state index in [1.165, 1.54) is 12.0 Å². The molecule has 1 fully saturated rings. The second-order valence-electron chi connectivity index (χ2n) is 6.02. The molecule has 2 amide bonds. The summed E-state index contributed by atoms with van der Waals surface area (Å²) in [6, 6.07) is 9.74. The molecule has 3 rings (SSSR count). The van der Waals surface area contributed by atoms with Gasteiger partial charge in [-0.05, 0) is 18.2 Å². The summed E-state index contributed by atoms with van der Waals surface area (Å²) in [6.07, 6.45) is -0.0421. The summed E-state index contributed by atoms with van der Waals surface area (Å²) in [6.45, 7) is 0.119.